The maximum absolute atomic E-state index is 3.86. The van der Waals surface area contributed by atoms with Crippen molar-refractivity contribution in [1.29, 1.82) is 0 Å². The Hall–Kier alpha value is -0.120. The second-order valence-corrected chi connectivity index (χ2v) is 3.19. The fourth-order valence-corrected chi connectivity index (χ4v) is 1.42. The van der Waals surface area contributed by atoms with Crippen molar-refractivity contribution in [2.45, 2.75) is 12.8 Å². The van der Waals surface area contributed by atoms with Crippen LogP contribution in [0.25, 0.3) is 0 Å². The predicted octanol–water partition coefficient (Wildman–Crippen LogP) is 2.68. The third-order valence-corrected chi connectivity index (χ3v) is 2.35. The lowest BCUT2D eigenvalue weighted by molar-refractivity contribution is 1.00. The molecule has 0 saturated heterocycles. The van der Waals surface area contributed by atoms with Crippen LogP contribution in [-0.2, 0) is 0 Å². The second kappa shape index (κ2) is 3.15. The molecule has 48 valence electrons. The molecule has 0 spiro atoms. The maximum atomic E-state index is 3.86. The highest BCUT2D eigenvalue weighted by Gasteiger charge is 2.01. The van der Waals surface area contributed by atoms with E-state index in [2.05, 4.69) is 40.4 Å². The fourth-order valence-electron chi connectivity index (χ4n) is 0.762. The Labute approximate surface area is 68.7 Å². The summed E-state index contributed by atoms with van der Waals surface area (Å²) in [6, 6.07) is 0. The molecular weight excluding hydrogens is 225 g/mol. The van der Waals surface area contributed by atoms with Gasteiger partial charge < -0.3 is 0 Å². The van der Waals surface area contributed by atoms with Gasteiger partial charge in [0.05, 0.1) is 5.70 Å². The molecule has 0 fully saturated rings. The molecule has 0 aromatic heterocycles. The van der Waals surface area contributed by atoms with E-state index in [0.29, 0.717) is 0 Å². The third-order valence-electron chi connectivity index (χ3n) is 1.25. The maximum Gasteiger partial charge on any atom is 0.0711 e. The summed E-state index contributed by atoms with van der Waals surface area (Å²) in [5.41, 5.74) is 1.04. The average molecular weight is 233 g/mol. The highest BCUT2D eigenvalue weighted by molar-refractivity contribution is 14.1. The van der Waals surface area contributed by atoms with Gasteiger partial charge in [0.2, 0.25) is 0 Å². The van der Waals surface area contributed by atoms with Crippen molar-refractivity contribution in [3.05, 3.63) is 21.4 Å². The van der Waals surface area contributed by atoms with E-state index in [1.54, 1.807) is 0 Å². The number of nitrogens with zero attached hydrogens (tertiary/aromatic N) is 1. The molecule has 1 rings (SSSR count). The fraction of sp³-hybridized carbons (Fsp3) is 0.286. The summed E-state index contributed by atoms with van der Waals surface area (Å²) in [5.74, 6) is 0. The Bertz CT molecular complexity index is 179. The Balaban J connectivity index is 2.84. The van der Waals surface area contributed by atoms with Crippen LogP contribution in [-0.4, -0.2) is 6.72 Å². The van der Waals surface area contributed by atoms with Gasteiger partial charge in [-0.25, -0.2) is 0 Å². The standard InChI is InChI=1S/C7H8IN/c1-9-7-5-3-2-4-6(7)8/h3,5H,1-2,4H2. The molecule has 0 atom stereocenters. The first-order valence-electron chi connectivity index (χ1n) is 2.86. The number of rotatable bonds is 1. The summed E-state index contributed by atoms with van der Waals surface area (Å²) < 4.78 is 1.32. The molecule has 1 aliphatic rings. The Morgan fingerprint density at radius 3 is 2.89 bits per heavy atom. The van der Waals surface area contributed by atoms with Crippen LogP contribution in [0.4, 0.5) is 0 Å². The van der Waals surface area contributed by atoms with Crippen molar-refractivity contribution in [2.75, 3.05) is 0 Å². The van der Waals surface area contributed by atoms with Gasteiger partial charge in [0.1, 0.15) is 0 Å². The summed E-state index contributed by atoms with van der Waals surface area (Å²) >= 11 is 2.31. The summed E-state index contributed by atoms with van der Waals surface area (Å²) in [5, 5.41) is 0. The molecule has 0 aromatic carbocycles. The molecule has 1 nitrogen and oxygen atoms in total. The van der Waals surface area contributed by atoms with E-state index >= 15 is 0 Å². The van der Waals surface area contributed by atoms with Crippen LogP contribution in [0, 0.1) is 0 Å². The van der Waals surface area contributed by atoms with Gasteiger partial charge in [-0.05, 0) is 48.2 Å². The van der Waals surface area contributed by atoms with Crippen molar-refractivity contribution < 1.29 is 0 Å². The van der Waals surface area contributed by atoms with Crippen LogP contribution in [0.2, 0.25) is 0 Å². The van der Waals surface area contributed by atoms with Gasteiger partial charge in [-0.3, -0.25) is 4.99 Å². The number of halogens is 1. The zero-order valence-corrected chi connectivity index (χ0v) is 7.26. The number of aliphatic imine (C=N–C) groups is 1. The normalized spacial score (nSPS) is 18.3. The topological polar surface area (TPSA) is 12.4 Å². The smallest absolute Gasteiger partial charge is 0.0711 e. The first kappa shape index (κ1) is 6.99. The first-order valence-corrected chi connectivity index (χ1v) is 3.94. The minimum absolute atomic E-state index is 1.04. The van der Waals surface area contributed by atoms with Gasteiger partial charge in [-0.1, -0.05) is 6.08 Å². The van der Waals surface area contributed by atoms with E-state index in [1.165, 1.54) is 3.58 Å². The lowest BCUT2D eigenvalue weighted by Gasteiger charge is -2.04. The van der Waals surface area contributed by atoms with Crippen LogP contribution in [0.5, 0.6) is 0 Å². The molecule has 0 amide bonds. The Morgan fingerprint density at radius 1 is 1.67 bits per heavy atom. The zero-order valence-electron chi connectivity index (χ0n) is 5.10. The largest absolute Gasteiger partial charge is 0.264 e. The summed E-state index contributed by atoms with van der Waals surface area (Å²) in [6.07, 6.45) is 6.44. The molecule has 0 N–H and O–H groups in total. The Kier molecular flexibility index (Phi) is 2.45. The van der Waals surface area contributed by atoms with Crippen molar-refractivity contribution in [3.63, 3.8) is 0 Å². The van der Waals surface area contributed by atoms with Crippen LogP contribution in [0.1, 0.15) is 12.8 Å². The highest BCUT2D eigenvalue weighted by atomic mass is 127. The van der Waals surface area contributed by atoms with E-state index in [4.69, 9.17) is 0 Å². The lowest BCUT2D eigenvalue weighted by Crippen LogP contribution is -1.84. The van der Waals surface area contributed by atoms with Crippen molar-refractivity contribution in [3.8, 4) is 0 Å². The molecule has 0 aliphatic heterocycles. The highest BCUT2D eigenvalue weighted by Crippen LogP contribution is 2.24. The monoisotopic (exact) mass is 233 g/mol. The van der Waals surface area contributed by atoms with E-state index in [-0.39, 0.29) is 0 Å². The minimum Gasteiger partial charge on any atom is -0.264 e. The van der Waals surface area contributed by atoms with Crippen molar-refractivity contribution in [2.24, 2.45) is 4.99 Å². The number of hydrogen-bond acceptors (Lipinski definition) is 1. The van der Waals surface area contributed by atoms with E-state index in [1.807, 2.05) is 6.08 Å². The molecule has 0 aromatic rings. The Morgan fingerprint density at radius 2 is 2.44 bits per heavy atom. The van der Waals surface area contributed by atoms with E-state index in [0.717, 1.165) is 18.5 Å². The molecule has 1 aliphatic carbocycles. The molecular formula is C7H8IN. The third kappa shape index (κ3) is 1.64. The minimum atomic E-state index is 1.04. The summed E-state index contributed by atoms with van der Waals surface area (Å²) in [4.78, 5) is 3.86. The van der Waals surface area contributed by atoms with Gasteiger partial charge in [-0.15, -0.1) is 0 Å². The first-order chi connectivity index (χ1) is 4.34. The summed E-state index contributed by atoms with van der Waals surface area (Å²) in [6.45, 7) is 3.47. The zero-order chi connectivity index (χ0) is 6.69. The summed E-state index contributed by atoms with van der Waals surface area (Å²) in [7, 11) is 0. The molecule has 0 saturated carbocycles. The molecule has 0 radical (unpaired) electrons. The molecule has 9 heavy (non-hydrogen) atoms. The van der Waals surface area contributed by atoms with Crippen molar-refractivity contribution >= 4 is 29.3 Å². The predicted molar refractivity (Wildman–Crippen MR) is 49.0 cm³/mol. The van der Waals surface area contributed by atoms with Gasteiger partial charge in [0.25, 0.3) is 0 Å². The van der Waals surface area contributed by atoms with Gasteiger partial charge >= 0.3 is 0 Å². The van der Waals surface area contributed by atoms with Crippen molar-refractivity contribution in [1.82, 2.24) is 0 Å². The van der Waals surface area contributed by atoms with Gasteiger partial charge in [-0.2, -0.15) is 0 Å². The van der Waals surface area contributed by atoms with Crippen LogP contribution < -0.4 is 0 Å². The van der Waals surface area contributed by atoms with E-state index in [9.17, 15) is 0 Å². The van der Waals surface area contributed by atoms with Crippen LogP contribution >= 0.6 is 22.6 Å². The van der Waals surface area contributed by atoms with Crippen LogP contribution in [0.15, 0.2) is 26.4 Å². The molecule has 0 unspecified atom stereocenters. The SMILES string of the molecule is C=NC1=C(I)CCC=C1. The number of allylic oxidation sites excluding steroid dienone is 3. The second-order valence-electron chi connectivity index (χ2n) is 1.89. The van der Waals surface area contributed by atoms with Crippen LogP contribution in [0.3, 0.4) is 0 Å². The average Bonchev–Trinajstić information content (AvgIpc) is 1.89. The quantitative estimate of drug-likeness (QED) is 0.487. The molecule has 0 bridgehead atoms. The van der Waals surface area contributed by atoms with Gasteiger partial charge in [0, 0.05) is 3.58 Å². The van der Waals surface area contributed by atoms with E-state index < -0.39 is 0 Å². The number of hydrogen-bond donors (Lipinski definition) is 0. The molecule has 0 heterocycles. The molecule has 2 heteroatoms. The lowest BCUT2D eigenvalue weighted by atomic mass is 10.1. The van der Waals surface area contributed by atoms with Gasteiger partial charge in [0.15, 0.2) is 0 Å².